The number of phenols is 1. The second-order valence-electron chi connectivity index (χ2n) is 3.91. The number of benzene rings is 1. The van der Waals surface area contributed by atoms with Crippen molar-refractivity contribution in [3.8, 4) is 11.5 Å². The van der Waals surface area contributed by atoms with E-state index in [1.165, 1.54) is 7.11 Å². The van der Waals surface area contributed by atoms with Gasteiger partial charge in [0.05, 0.1) is 11.6 Å². The van der Waals surface area contributed by atoms with Crippen molar-refractivity contribution in [1.29, 1.82) is 0 Å². The zero-order valence-corrected chi connectivity index (χ0v) is 12.9. The highest BCUT2D eigenvalue weighted by Gasteiger charge is 2.18. The van der Waals surface area contributed by atoms with Crippen LogP contribution in [0.15, 0.2) is 27.2 Å². The second kappa shape index (κ2) is 5.89. The fraction of sp³-hybridized carbons (Fsp3) is 0.333. The Balaban J connectivity index is 3.24. The lowest BCUT2D eigenvalue weighted by atomic mass is 10.0. The molecular formula is C12H15Br2NO2. The van der Waals surface area contributed by atoms with Gasteiger partial charge in [-0.15, -0.1) is 6.58 Å². The minimum atomic E-state index is -0.187. The number of hydrogen-bond acceptors (Lipinski definition) is 3. The molecule has 0 amide bonds. The second-order valence-corrected chi connectivity index (χ2v) is 5.50. The predicted octanol–water partition coefficient (Wildman–Crippen LogP) is 3.89. The maximum absolute atomic E-state index is 9.81. The zero-order valence-electron chi connectivity index (χ0n) is 9.76. The van der Waals surface area contributed by atoms with Crippen LogP contribution in [0.3, 0.4) is 0 Å². The number of halogens is 2. The van der Waals surface area contributed by atoms with E-state index in [0.29, 0.717) is 16.6 Å². The van der Waals surface area contributed by atoms with Crippen molar-refractivity contribution >= 4 is 31.9 Å². The summed E-state index contributed by atoms with van der Waals surface area (Å²) in [5.41, 5.74) is 7.97. The lowest BCUT2D eigenvalue weighted by molar-refractivity contribution is 0.370. The highest BCUT2D eigenvalue weighted by Crippen LogP contribution is 2.43. The van der Waals surface area contributed by atoms with Crippen molar-refractivity contribution in [1.82, 2.24) is 0 Å². The van der Waals surface area contributed by atoms with Crippen molar-refractivity contribution < 1.29 is 9.84 Å². The Morgan fingerprint density at radius 3 is 2.59 bits per heavy atom. The van der Waals surface area contributed by atoms with E-state index < -0.39 is 0 Å². The average molecular weight is 365 g/mol. The molecule has 0 aliphatic heterocycles. The van der Waals surface area contributed by atoms with Gasteiger partial charge in [-0.1, -0.05) is 5.57 Å². The third kappa shape index (κ3) is 3.24. The van der Waals surface area contributed by atoms with E-state index in [2.05, 4.69) is 38.4 Å². The number of phenolic OH excluding ortho intramolecular Hbond substituents is 1. The zero-order chi connectivity index (χ0) is 13.2. The molecule has 5 heteroatoms. The van der Waals surface area contributed by atoms with Gasteiger partial charge in [-0.2, -0.15) is 0 Å². The van der Waals surface area contributed by atoms with Crippen LogP contribution in [0.4, 0.5) is 0 Å². The van der Waals surface area contributed by atoms with Crippen molar-refractivity contribution in [2.45, 2.75) is 19.4 Å². The van der Waals surface area contributed by atoms with Crippen LogP contribution in [0.1, 0.15) is 24.9 Å². The van der Waals surface area contributed by atoms with Gasteiger partial charge in [0.1, 0.15) is 0 Å². The summed E-state index contributed by atoms with van der Waals surface area (Å²) in [5, 5.41) is 9.81. The largest absolute Gasteiger partial charge is 0.503 e. The topological polar surface area (TPSA) is 55.5 Å². The number of hydrogen-bond donors (Lipinski definition) is 2. The molecule has 3 nitrogen and oxygen atoms in total. The van der Waals surface area contributed by atoms with E-state index in [1.54, 1.807) is 6.07 Å². The molecule has 1 aromatic carbocycles. The van der Waals surface area contributed by atoms with Gasteiger partial charge in [0.25, 0.3) is 0 Å². The molecule has 0 heterocycles. The van der Waals surface area contributed by atoms with Crippen molar-refractivity contribution in [3.05, 3.63) is 32.7 Å². The van der Waals surface area contributed by atoms with Gasteiger partial charge >= 0.3 is 0 Å². The molecule has 0 unspecified atom stereocenters. The number of rotatable bonds is 4. The van der Waals surface area contributed by atoms with Crippen molar-refractivity contribution in [2.24, 2.45) is 5.73 Å². The molecule has 0 fully saturated rings. The fourth-order valence-corrected chi connectivity index (χ4v) is 2.54. The molecule has 0 bridgehead atoms. The molecule has 3 N–H and O–H groups in total. The maximum atomic E-state index is 9.81. The highest BCUT2D eigenvalue weighted by molar-refractivity contribution is 9.13. The molecule has 0 aliphatic rings. The van der Waals surface area contributed by atoms with Crippen LogP contribution in [0.25, 0.3) is 0 Å². The van der Waals surface area contributed by atoms with Gasteiger partial charge in [-0.25, -0.2) is 0 Å². The normalized spacial score (nSPS) is 12.3. The molecule has 0 aliphatic carbocycles. The molecule has 0 saturated heterocycles. The molecule has 0 saturated carbocycles. The van der Waals surface area contributed by atoms with Crippen LogP contribution in [0.2, 0.25) is 0 Å². The van der Waals surface area contributed by atoms with Gasteiger partial charge in [0.15, 0.2) is 11.5 Å². The van der Waals surface area contributed by atoms with Gasteiger partial charge in [-0.3, -0.25) is 0 Å². The van der Waals surface area contributed by atoms with Crippen molar-refractivity contribution in [3.63, 3.8) is 0 Å². The first kappa shape index (κ1) is 14.5. The Bertz CT molecular complexity index is 447. The van der Waals surface area contributed by atoms with E-state index in [0.717, 1.165) is 15.6 Å². The van der Waals surface area contributed by atoms with Crippen LogP contribution in [-0.4, -0.2) is 12.2 Å². The molecule has 1 aromatic rings. The summed E-state index contributed by atoms with van der Waals surface area (Å²) < 4.78 is 6.38. The van der Waals surface area contributed by atoms with E-state index in [4.69, 9.17) is 10.5 Å². The Morgan fingerprint density at radius 1 is 1.53 bits per heavy atom. The summed E-state index contributed by atoms with van der Waals surface area (Å²) in [4.78, 5) is 0. The predicted molar refractivity (Wildman–Crippen MR) is 76.4 cm³/mol. The summed E-state index contributed by atoms with van der Waals surface area (Å²) in [5.74, 6) is 0.456. The van der Waals surface area contributed by atoms with Gasteiger partial charge in [-0.05, 0) is 56.8 Å². The first-order chi connectivity index (χ1) is 7.88. The molecule has 0 aromatic heterocycles. The van der Waals surface area contributed by atoms with E-state index >= 15 is 0 Å². The van der Waals surface area contributed by atoms with Crippen LogP contribution in [0, 0.1) is 0 Å². The maximum Gasteiger partial charge on any atom is 0.173 e. The lowest BCUT2D eigenvalue weighted by Crippen LogP contribution is -2.11. The summed E-state index contributed by atoms with van der Waals surface area (Å²) in [6.07, 6.45) is 0.680. The summed E-state index contributed by atoms with van der Waals surface area (Å²) in [6.45, 7) is 5.78. The minimum Gasteiger partial charge on any atom is -0.503 e. The molecule has 1 atom stereocenters. The van der Waals surface area contributed by atoms with Crippen LogP contribution >= 0.6 is 31.9 Å². The summed E-state index contributed by atoms with van der Waals surface area (Å²) in [6, 6.07) is 1.55. The average Bonchev–Trinajstić information content (AvgIpc) is 2.25. The fourth-order valence-electron chi connectivity index (χ4n) is 1.52. The van der Waals surface area contributed by atoms with Gasteiger partial charge in [0, 0.05) is 10.5 Å². The lowest BCUT2D eigenvalue weighted by Gasteiger charge is -2.17. The Morgan fingerprint density at radius 2 is 2.12 bits per heavy atom. The van der Waals surface area contributed by atoms with Crippen LogP contribution in [-0.2, 0) is 0 Å². The molecular weight excluding hydrogens is 350 g/mol. The summed E-state index contributed by atoms with van der Waals surface area (Å²) in [7, 11) is 1.50. The SMILES string of the molecule is C=C(C)C[C@@H](N)c1cc(OC)c(O)c(Br)c1Br. The highest BCUT2D eigenvalue weighted by atomic mass is 79.9. The Hall–Kier alpha value is -0.520. The summed E-state index contributed by atoms with van der Waals surface area (Å²) >= 11 is 6.71. The van der Waals surface area contributed by atoms with Gasteiger partial charge in [0.2, 0.25) is 0 Å². The van der Waals surface area contributed by atoms with Crippen molar-refractivity contribution in [2.75, 3.05) is 7.11 Å². The number of methoxy groups -OCH3 is 1. The molecule has 17 heavy (non-hydrogen) atoms. The number of nitrogens with two attached hydrogens (primary N) is 1. The van der Waals surface area contributed by atoms with E-state index in [-0.39, 0.29) is 11.8 Å². The quantitative estimate of drug-likeness (QED) is 0.797. The minimum absolute atomic E-state index is 0.0608. The van der Waals surface area contributed by atoms with Gasteiger partial charge < -0.3 is 15.6 Å². The third-order valence-corrected chi connectivity index (χ3v) is 4.52. The van der Waals surface area contributed by atoms with Crippen LogP contribution < -0.4 is 10.5 Å². The van der Waals surface area contributed by atoms with Crippen LogP contribution in [0.5, 0.6) is 11.5 Å². The number of aromatic hydroxyl groups is 1. The Labute approximate surface area is 118 Å². The van der Waals surface area contributed by atoms with E-state index in [9.17, 15) is 5.11 Å². The Kier molecular flexibility index (Phi) is 5.04. The molecule has 0 radical (unpaired) electrons. The monoisotopic (exact) mass is 363 g/mol. The molecule has 0 spiro atoms. The van der Waals surface area contributed by atoms with E-state index in [1.807, 2.05) is 6.92 Å². The third-order valence-electron chi connectivity index (χ3n) is 2.36. The standard InChI is InChI=1S/C12H15Br2NO2/c1-6(2)4-8(15)7-5-9(17-3)12(16)11(14)10(7)13/h5,8,16H,1,4,15H2,2-3H3/t8-/m1/s1. The smallest absolute Gasteiger partial charge is 0.173 e. The number of ether oxygens (including phenoxy) is 1. The first-order valence-corrected chi connectivity index (χ1v) is 6.61. The first-order valence-electron chi connectivity index (χ1n) is 5.03. The molecule has 94 valence electrons. The molecule has 1 rings (SSSR count).